The van der Waals surface area contributed by atoms with E-state index in [4.69, 9.17) is 4.74 Å². The smallest absolute Gasteiger partial charge is 0.119 e. The Bertz CT molecular complexity index is 226. The van der Waals surface area contributed by atoms with Crippen molar-refractivity contribution < 1.29 is 4.74 Å². The highest BCUT2D eigenvalue weighted by molar-refractivity contribution is 5.27. The molecular weight excluding hydrogens is 184 g/mol. The molecule has 0 spiro atoms. The van der Waals surface area contributed by atoms with Gasteiger partial charge in [0.1, 0.15) is 5.75 Å². The average Bonchev–Trinajstić information content (AvgIpc) is 2.31. The van der Waals surface area contributed by atoms with Crippen LogP contribution in [0, 0.1) is 0 Å². The summed E-state index contributed by atoms with van der Waals surface area (Å²) >= 11 is 0. The first-order valence-electron chi connectivity index (χ1n) is 6.08. The van der Waals surface area contributed by atoms with E-state index in [2.05, 4.69) is 31.2 Å². The standard InChI is InChI=1S/C12H18O.C2H6/c1-3-5-6-11-7-9-12(10-8-11)13-4-2;1-2/h7-10H,3-6H2,1-2H3;1-2H3. The van der Waals surface area contributed by atoms with E-state index >= 15 is 0 Å². The molecule has 86 valence electrons. The lowest BCUT2D eigenvalue weighted by Crippen LogP contribution is -1.91. The van der Waals surface area contributed by atoms with Crippen molar-refractivity contribution in [1.29, 1.82) is 0 Å². The van der Waals surface area contributed by atoms with Gasteiger partial charge in [0.25, 0.3) is 0 Å². The quantitative estimate of drug-likeness (QED) is 0.694. The summed E-state index contributed by atoms with van der Waals surface area (Å²) in [6.45, 7) is 8.97. The highest BCUT2D eigenvalue weighted by atomic mass is 16.5. The molecule has 1 rings (SSSR count). The Morgan fingerprint density at radius 3 is 2.07 bits per heavy atom. The normalized spacial score (nSPS) is 9.07. The van der Waals surface area contributed by atoms with Crippen LogP contribution in [0.3, 0.4) is 0 Å². The van der Waals surface area contributed by atoms with Gasteiger partial charge in [-0.1, -0.05) is 39.3 Å². The minimum atomic E-state index is 0.744. The molecule has 0 fully saturated rings. The number of ether oxygens (including phenoxy) is 1. The molecule has 1 nitrogen and oxygen atoms in total. The number of unbranched alkanes of at least 4 members (excludes halogenated alkanes) is 1. The Balaban J connectivity index is 0.000000921. The Hall–Kier alpha value is -0.980. The van der Waals surface area contributed by atoms with Crippen molar-refractivity contribution in [2.75, 3.05) is 6.61 Å². The third kappa shape index (κ3) is 6.16. The van der Waals surface area contributed by atoms with E-state index in [1.807, 2.05) is 20.8 Å². The maximum Gasteiger partial charge on any atom is 0.119 e. The molecule has 0 aliphatic rings. The topological polar surface area (TPSA) is 9.23 Å². The summed E-state index contributed by atoms with van der Waals surface area (Å²) < 4.78 is 5.37. The molecule has 0 aliphatic carbocycles. The number of aryl methyl sites for hydroxylation is 1. The molecular formula is C14H24O. The summed E-state index contributed by atoms with van der Waals surface area (Å²) in [6, 6.07) is 8.41. The van der Waals surface area contributed by atoms with Gasteiger partial charge in [-0.15, -0.1) is 0 Å². The first-order chi connectivity index (χ1) is 7.36. The van der Waals surface area contributed by atoms with Crippen LogP contribution < -0.4 is 4.74 Å². The average molecular weight is 208 g/mol. The van der Waals surface area contributed by atoms with Crippen LogP contribution in [-0.2, 0) is 6.42 Å². The summed E-state index contributed by atoms with van der Waals surface area (Å²) in [4.78, 5) is 0. The minimum absolute atomic E-state index is 0.744. The van der Waals surface area contributed by atoms with Gasteiger partial charge in [-0.05, 0) is 37.5 Å². The molecule has 15 heavy (non-hydrogen) atoms. The molecule has 1 heteroatoms. The first kappa shape index (κ1) is 14.0. The van der Waals surface area contributed by atoms with Gasteiger partial charge in [0.2, 0.25) is 0 Å². The molecule has 0 saturated heterocycles. The third-order valence-corrected chi connectivity index (χ3v) is 2.05. The maximum atomic E-state index is 5.37. The van der Waals surface area contributed by atoms with Crippen molar-refractivity contribution in [2.45, 2.75) is 47.0 Å². The van der Waals surface area contributed by atoms with Crippen LogP contribution in [-0.4, -0.2) is 6.61 Å². The Morgan fingerprint density at radius 1 is 1.00 bits per heavy atom. The Kier molecular flexibility index (Phi) is 8.95. The van der Waals surface area contributed by atoms with Gasteiger partial charge < -0.3 is 4.74 Å². The fraction of sp³-hybridized carbons (Fsp3) is 0.571. The Labute approximate surface area is 94.5 Å². The molecule has 1 aromatic rings. The van der Waals surface area contributed by atoms with E-state index in [1.165, 1.54) is 24.8 Å². The van der Waals surface area contributed by atoms with Gasteiger partial charge in [0.15, 0.2) is 0 Å². The molecule has 0 aliphatic heterocycles. The number of hydrogen-bond acceptors (Lipinski definition) is 1. The summed E-state index contributed by atoms with van der Waals surface area (Å²) in [5.74, 6) is 0.975. The second kappa shape index (κ2) is 9.57. The van der Waals surface area contributed by atoms with Crippen molar-refractivity contribution in [3.8, 4) is 5.75 Å². The molecule has 0 saturated carbocycles. The van der Waals surface area contributed by atoms with Crippen LogP contribution in [0.4, 0.5) is 0 Å². The Morgan fingerprint density at radius 2 is 1.60 bits per heavy atom. The molecule has 0 N–H and O–H groups in total. The minimum Gasteiger partial charge on any atom is -0.494 e. The lowest BCUT2D eigenvalue weighted by molar-refractivity contribution is 0.340. The number of hydrogen-bond donors (Lipinski definition) is 0. The van der Waals surface area contributed by atoms with Crippen molar-refractivity contribution >= 4 is 0 Å². The predicted molar refractivity (Wildman–Crippen MR) is 67.6 cm³/mol. The lowest BCUT2D eigenvalue weighted by atomic mass is 10.1. The second-order valence-corrected chi connectivity index (χ2v) is 3.18. The largest absolute Gasteiger partial charge is 0.494 e. The molecule has 0 radical (unpaired) electrons. The summed E-state index contributed by atoms with van der Waals surface area (Å²) in [6.07, 6.45) is 3.71. The summed E-state index contributed by atoms with van der Waals surface area (Å²) in [5.41, 5.74) is 1.41. The van der Waals surface area contributed by atoms with E-state index in [1.54, 1.807) is 0 Å². The van der Waals surface area contributed by atoms with Gasteiger partial charge in [0, 0.05) is 0 Å². The molecule has 0 aromatic heterocycles. The summed E-state index contributed by atoms with van der Waals surface area (Å²) in [7, 11) is 0. The monoisotopic (exact) mass is 208 g/mol. The van der Waals surface area contributed by atoms with Crippen molar-refractivity contribution in [3.63, 3.8) is 0 Å². The third-order valence-electron chi connectivity index (χ3n) is 2.05. The highest BCUT2D eigenvalue weighted by Crippen LogP contribution is 2.13. The number of benzene rings is 1. The van der Waals surface area contributed by atoms with Crippen molar-refractivity contribution in [3.05, 3.63) is 29.8 Å². The molecule has 0 atom stereocenters. The lowest BCUT2D eigenvalue weighted by Gasteiger charge is -2.04. The predicted octanol–water partition coefficient (Wildman–Crippen LogP) is 4.45. The van der Waals surface area contributed by atoms with Crippen LogP contribution in [0.5, 0.6) is 5.75 Å². The van der Waals surface area contributed by atoms with Crippen LogP contribution in [0.25, 0.3) is 0 Å². The molecule has 0 amide bonds. The van der Waals surface area contributed by atoms with E-state index in [0.717, 1.165) is 12.4 Å². The first-order valence-corrected chi connectivity index (χ1v) is 6.08. The van der Waals surface area contributed by atoms with Gasteiger partial charge in [-0.3, -0.25) is 0 Å². The maximum absolute atomic E-state index is 5.37. The molecule has 1 aromatic carbocycles. The fourth-order valence-corrected chi connectivity index (χ4v) is 1.30. The van der Waals surface area contributed by atoms with E-state index in [9.17, 15) is 0 Å². The van der Waals surface area contributed by atoms with Gasteiger partial charge in [-0.2, -0.15) is 0 Å². The zero-order chi connectivity index (χ0) is 11.5. The molecule has 0 unspecified atom stereocenters. The summed E-state index contributed by atoms with van der Waals surface area (Å²) in [5, 5.41) is 0. The van der Waals surface area contributed by atoms with Crippen LogP contribution in [0.2, 0.25) is 0 Å². The zero-order valence-electron chi connectivity index (χ0n) is 10.5. The van der Waals surface area contributed by atoms with E-state index in [-0.39, 0.29) is 0 Å². The van der Waals surface area contributed by atoms with Gasteiger partial charge in [0.05, 0.1) is 6.61 Å². The van der Waals surface area contributed by atoms with Crippen molar-refractivity contribution in [2.24, 2.45) is 0 Å². The second-order valence-electron chi connectivity index (χ2n) is 3.18. The van der Waals surface area contributed by atoms with E-state index in [0.29, 0.717) is 0 Å². The highest BCUT2D eigenvalue weighted by Gasteiger charge is 1.93. The van der Waals surface area contributed by atoms with Crippen LogP contribution >= 0.6 is 0 Å². The molecule has 0 bridgehead atoms. The number of rotatable bonds is 5. The zero-order valence-corrected chi connectivity index (χ0v) is 10.5. The fourth-order valence-electron chi connectivity index (χ4n) is 1.30. The van der Waals surface area contributed by atoms with Crippen LogP contribution in [0.1, 0.15) is 46.1 Å². The van der Waals surface area contributed by atoms with Crippen molar-refractivity contribution in [1.82, 2.24) is 0 Å². The van der Waals surface area contributed by atoms with Gasteiger partial charge >= 0.3 is 0 Å². The van der Waals surface area contributed by atoms with E-state index < -0.39 is 0 Å². The SMILES string of the molecule is CC.CCCCc1ccc(OCC)cc1. The van der Waals surface area contributed by atoms with Crippen LogP contribution in [0.15, 0.2) is 24.3 Å². The molecule has 0 heterocycles. The van der Waals surface area contributed by atoms with Gasteiger partial charge in [-0.25, -0.2) is 0 Å².